The molecule has 1 N–H and O–H groups in total. The summed E-state index contributed by atoms with van der Waals surface area (Å²) in [5.41, 5.74) is 0.708. The van der Waals surface area contributed by atoms with Crippen LogP contribution in [0.5, 0.6) is 0 Å². The van der Waals surface area contributed by atoms with Gasteiger partial charge in [0.05, 0.1) is 12.2 Å². The minimum Gasteiger partial charge on any atom is -0.351 e. The van der Waals surface area contributed by atoms with E-state index in [4.69, 9.17) is 4.52 Å². The summed E-state index contributed by atoms with van der Waals surface area (Å²) < 4.78 is 4.88. The molecule has 0 aliphatic rings. The van der Waals surface area contributed by atoms with Crippen LogP contribution >= 0.6 is 11.3 Å². The van der Waals surface area contributed by atoms with Crippen molar-refractivity contribution in [3.8, 4) is 0 Å². The molecule has 1 amide bonds. The molecule has 0 spiro atoms. The Kier molecular flexibility index (Phi) is 3.58. The molecule has 0 atom stereocenters. The topological polar surface area (TPSA) is 55.1 Å². The molecular weight excluding hydrogens is 236 g/mol. The van der Waals surface area contributed by atoms with Gasteiger partial charge in [-0.05, 0) is 25.5 Å². The molecule has 2 rings (SSSR count). The van der Waals surface area contributed by atoms with Gasteiger partial charge >= 0.3 is 0 Å². The predicted molar refractivity (Wildman–Crippen MR) is 66.1 cm³/mol. The molecule has 4 nitrogen and oxygen atoms in total. The Labute approximate surface area is 104 Å². The Morgan fingerprint density at radius 2 is 2.24 bits per heavy atom. The molecule has 17 heavy (non-hydrogen) atoms. The summed E-state index contributed by atoms with van der Waals surface area (Å²) in [4.78, 5) is 14.1. The first-order valence-electron chi connectivity index (χ1n) is 5.48. The first-order chi connectivity index (χ1) is 8.19. The van der Waals surface area contributed by atoms with Gasteiger partial charge in [-0.15, -0.1) is 11.3 Å². The van der Waals surface area contributed by atoms with Crippen molar-refractivity contribution in [3.05, 3.63) is 39.4 Å². The number of carbonyl (C=O) groups is 1. The molecule has 2 aromatic rings. The average Bonchev–Trinajstić information content (AvgIpc) is 2.94. The fourth-order valence-corrected chi connectivity index (χ4v) is 2.33. The molecule has 0 saturated carbocycles. The van der Waals surface area contributed by atoms with Gasteiger partial charge in [-0.1, -0.05) is 12.1 Å². The van der Waals surface area contributed by atoms with E-state index in [9.17, 15) is 4.79 Å². The molecule has 0 unspecified atom stereocenters. The van der Waals surface area contributed by atoms with Crippen LogP contribution in [-0.4, -0.2) is 11.1 Å². The van der Waals surface area contributed by atoms with Crippen molar-refractivity contribution in [3.63, 3.8) is 0 Å². The fraction of sp³-hybridized carbons (Fsp3) is 0.333. The minimum absolute atomic E-state index is 0.225. The zero-order valence-corrected chi connectivity index (χ0v) is 10.6. The summed E-state index contributed by atoms with van der Waals surface area (Å²) in [6.07, 6.45) is 1.03. The number of nitrogens with zero attached hydrogens (tertiary/aromatic N) is 1. The van der Waals surface area contributed by atoms with Crippen molar-refractivity contribution in [1.29, 1.82) is 0 Å². The standard InChI is InChI=1S/C12H14N2O2S/c1-3-9-4-5-10(17-9)7-13-12(15)11-6-8(2)14-16-11/h4-6H,3,7H2,1-2H3,(H,13,15). The van der Waals surface area contributed by atoms with E-state index in [0.717, 1.165) is 11.3 Å². The lowest BCUT2D eigenvalue weighted by Crippen LogP contribution is -2.21. The van der Waals surface area contributed by atoms with Crippen molar-refractivity contribution in [2.45, 2.75) is 26.8 Å². The molecule has 2 aromatic heterocycles. The predicted octanol–water partition coefficient (Wildman–Crippen LogP) is 2.54. The second kappa shape index (κ2) is 5.14. The summed E-state index contributed by atoms with van der Waals surface area (Å²) in [7, 11) is 0. The maximum absolute atomic E-state index is 11.7. The molecule has 0 aromatic carbocycles. The van der Waals surface area contributed by atoms with E-state index in [1.54, 1.807) is 24.3 Å². The van der Waals surface area contributed by atoms with Gasteiger partial charge in [0.25, 0.3) is 5.91 Å². The second-order valence-corrected chi connectivity index (χ2v) is 4.99. The van der Waals surface area contributed by atoms with Crippen LogP contribution in [0.4, 0.5) is 0 Å². The van der Waals surface area contributed by atoms with Gasteiger partial charge in [-0.2, -0.15) is 0 Å². The molecule has 0 bridgehead atoms. The highest BCUT2D eigenvalue weighted by Gasteiger charge is 2.11. The van der Waals surface area contributed by atoms with E-state index in [1.807, 2.05) is 6.07 Å². The second-order valence-electron chi connectivity index (χ2n) is 3.74. The van der Waals surface area contributed by atoms with Crippen LogP contribution in [0, 0.1) is 6.92 Å². The van der Waals surface area contributed by atoms with Crippen LogP contribution < -0.4 is 5.32 Å². The zero-order valence-electron chi connectivity index (χ0n) is 9.82. The third-order valence-corrected chi connectivity index (χ3v) is 3.57. The number of aromatic nitrogens is 1. The first kappa shape index (κ1) is 11.9. The maximum Gasteiger partial charge on any atom is 0.290 e. The van der Waals surface area contributed by atoms with Crippen LogP contribution in [0.25, 0.3) is 0 Å². The van der Waals surface area contributed by atoms with Crippen LogP contribution in [0.15, 0.2) is 22.7 Å². The summed E-state index contributed by atoms with van der Waals surface area (Å²) in [5, 5.41) is 6.48. The molecular formula is C12H14N2O2S. The number of thiophene rings is 1. The summed E-state index contributed by atoms with van der Waals surface area (Å²) >= 11 is 1.71. The lowest BCUT2D eigenvalue weighted by molar-refractivity contribution is 0.0914. The molecule has 0 aliphatic heterocycles. The monoisotopic (exact) mass is 250 g/mol. The van der Waals surface area contributed by atoms with Crippen molar-refractivity contribution < 1.29 is 9.32 Å². The number of hydrogen-bond acceptors (Lipinski definition) is 4. The van der Waals surface area contributed by atoms with Gasteiger partial charge in [0, 0.05) is 15.8 Å². The minimum atomic E-state index is -0.225. The number of nitrogens with one attached hydrogen (secondary N) is 1. The fourth-order valence-electron chi connectivity index (χ4n) is 1.43. The first-order valence-corrected chi connectivity index (χ1v) is 6.29. The van der Waals surface area contributed by atoms with E-state index in [-0.39, 0.29) is 11.7 Å². The Hall–Kier alpha value is -1.62. The van der Waals surface area contributed by atoms with Gasteiger partial charge in [0.2, 0.25) is 5.76 Å². The highest BCUT2D eigenvalue weighted by molar-refractivity contribution is 7.11. The Balaban J connectivity index is 1.92. The van der Waals surface area contributed by atoms with E-state index in [0.29, 0.717) is 12.2 Å². The molecule has 0 aliphatic carbocycles. The van der Waals surface area contributed by atoms with Crippen molar-refractivity contribution in [2.24, 2.45) is 0 Å². The van der Waals surface area contributed by atoms with Crippen molar-refractivity contribution in [1.82, 2.24) is 10.5 Å². The molecule has 5 heteroatoms. The van der Waals surface area contributed by atoms with Crippen LogP contribution in [-0.2, 0) is 13.0 Å². The van der Waals surface area contributed by atoms with E-state index in [1.165, 1.54) is 4.88 Å². The lowest BCUT2D eigenvalue weighted by Gasteiger charge is -1.99. The van der Waals surface area contributed by atoms with Gasteiger partial charge in [0.15, 0.2) is 0 Å². The Bertz CT molecular complexity index is 516. The number of aryl methyl sites for hydroxylation is 2. The highest BCUT2D eigenvalue weighted by Crippen LogP contribution is 2.16. The number of carbonyl (C=O) groups excluding carboxylic acids is 1. The molecule has 0 saturated heterocycles. The van der Waals surface area contributed by atoms with Gasteiger partial charge < -0.3 is 9.84 Å². The third-order valence-electron chi connectivity index (χ3n) is 2.34. The lowest BCUT2D eigenvalue weighted by atomic mass is 10.3. The van der Waals surface area contributed by atoms with Crippen LogP contribution in [0.1, 0.15) is 32.9 Å². The summed E-state index contributed by atoms with van der Waals surface area (Å²) in [6.45, 7) is 4.43. The van der Waals surface area contributed by atoms with E-state index < -0.39 is 0 Å². The van der Waals surface area contributed by atoms with Crippen molar-refractivity contribution in [2.75, 3.05) is 0 Å². The maximum atomic E-state index is 11.7. The smallest absolute Gasteiger partial charge is 0.290 e. The van der Waals surface area contributed by atoms with Gasteiger partial charge in [0.1, 0.15) is 0 Å². The largest absolute Gasteiger partial charge is 0.351 e. The molecule has 0 fully saturated rings. The Morgan fingerprint density at radius 3 is 2.82 bits per heavy atom. The zero-order chi connectivity index (χ0) is 12.3. The highest BCUT2D eigenvalue weighted by atomic mass is 32.1. The number of rotatable bonds is 4. The van der Waals surface area contributed by atoms with Crippen LogP contribution in [0.3, 0.4) is 0 Å². The summed E-state index contributed by atoms with van der Waals surface area (Å²) in [6, 6.07) is 5.75. The molecule has 0 radical (unpaired) electrons. The number of hydrogen-bond donors (Lipinski definition) is 1. The van der Waals surface area contributed by atoms with E-state index >= 15 is 0 Å². The van der Waals surface area contributed by atoms with Gasteiger partial charge in [-0.25, -0.2) is 0 Å². The average molecular weight is 250 g/mol. The quantitative estimate of drug-likeness (QED) is 0.907. The normalized spacial score (nSPS) is 10.5. The SMILES string of the molecule is CCc1ccc(CNC(=O)c2cc(C)no2)s1. The molecule has 2 heterocycles. The van der Waals surface area contributed by atoms with E-state index in [2.05, 4.69) is 23.5 Å². The Morgan fingerprint density at radius 1 is 1.47 bits per heavy atom. The van der Waals surface area contributed by atoms with Crippen LogP contribution in [0.2, 0.25) is 0 Å². The van der Waals surface area contributed by atoms with Crippen molar-refractivity contribution >= 4 is 17.2 Å². The molecule has 90 valence electrons. The summed E-state index contributed by atoms with van der Waals surface area (Å²) in [5.74, 6) is 0.0341. The number of amides is 1. The third kappa shape index (κ3) is 2.94. The van der Waals surface area contributed by atoms with Gasteiger partial charge in [-0.3, -0.25) is 4.79 Å².